The number of rotatable bonds is 8. The molecule has 29 heavy (non-hydrogen) atoms. The highest BCUT2D eigenvalue weighted by Crippen LogP contribution is 2.29. The van der Waals surface area contributed by atoms with Crippen LogP contribution in [0, 0.1) is 0 Å². The number of methoxy groups -OCH3 is 1. The quantitative estimate of drug-likeness (QED) is 0.212. The van der Waals surface area contributed by atoms with E-state index >= 15 is 0 Å². The zero-order valence-corrected chi connectivity index (χ0v) is 19.2. The Hall–Kier alpha value is -2.42. The fraction of sp³-hybridized carbons (Fsp3) is 0.318. The molecule has 0 aliphatic rings. The van der Waals surface area contributed by atoms with Crippen LogP contribution in [0.4, 0.5) is 0 Å². The number of aromatic hydroxyl groups is 1. The lowest BCUT2D eigenvalue weighted by atomic mass is 10.1. The molecule has 7 heteroatoms. The molecule has 0 saturated heterocycles. The molecule has 0 atom stereocenters. The minimum atomic E-state index is 0. The second kappa shape index (κ2) is 11.5. The number of phenols is 1. The van der Waals surface area contributed by atoms with E-state index in [9.17, 15) is 5.11 Å². The second-order valence-electron chi connectivity index (χ2n) is 6.51. The van der Waals surface area contributed by atoms with Crippen LogP contribution in [0.25, 0.3) is 10.9 Å². The molecule has 0 aliphatic heterocycles. The molecule has 3 aromatic rings. The maximum Gasteiger partial charge on any atom is 0.191 e. The molecular weight excluding hydrogens is 479 g/mol. The van der Waals surface area contributed by atoms with Crippen LogP contribution in [0.5, 0.6) is 11.5 Å². The van der Waals surface area contributed by atoms with Gasteiger partial charge in [0.15, 0.2) is 17.5 Å². The number of halogens is 1. The highest BCUT2D eigenvalue weighted by molar-refractivity contribution is 14.0. The number of nitrogens with one attached hydrogen (secondary N) is 3. The minimum Gasteiger partial charge on any atom is -0.504 e. The maximum absolute atomic E-state index is 10.2. The molecule has 3 rings (SSSR count). The molecule has 6 nitrogen and oxygen atoms in total. The van der Waals surface area contributed by atoms with E-state index in [4.69, 9.17) is 4.74 Å². The summed E-state index contributed by atoms with van der Waals surface area (Å²) < 4.78 is 5.16. The molecule has 1 heterocycles. The number of hydrogen-bond acceptors (Lipinski definition) is 3. The van der Waals surface area contributed by atoms with Gasteiger partial charge in [0.25, 0.3) is 0 Å². The third-order valence-corrected chi connectivity index (χ3v) is 4.66. The van der Waals surface area contributed by atoms with Gasteiger partial charge in [0.2, 0.25) is 0 Å². The molecule has 2 aromatic carbocycles. The van der Waals surface area contributed by atoms with E-state index in [-0.39, 0.29) is 29.7 Å². The third kappa shape index (κ3) is 6.03. The number of para-hydroxylation sites is 2. The summed E-state index contributed by atoms with van der Waals surface area (Å²) in [5.41, 5.74) is 3.29. The maximum atomic E-state index is 10.2. The van der Waals surface area contributed by atoms with Crippen molar-refractivity contribution in [2.24, 2.45) is 4.99 Å². The number of aromatic nitrogens is 1. The molecule has 0 fully saturated rings. The number of ether oxygens (including phenoxy) is 1. The first-order valence-electron chi connectivity index (χ1n) is 9.65. The third-order valence-electron chi connectivity index (χ3n) is 4.66. The number of fused-ring (bicyclic) bond motifs is 1. The van der Waals surface area contributed by atoms with Crippen molar-refractivity contribution in [1.82, 2.24) is 15.6 Å². The first-order valence-corrected chi connectivity index (χ1v) is 9.65. The Morgan fingerprint density at radius 2 is 1.90 bits per heavy atom. The van der Waals surface area contributed by atoms with E-state index in [0.29, 0.717) is 18.7 Å². The molecule has 156 valence electrons. The van der Waals surface area contributed by atoms with Crippen molar-refractivity contribution in [1.29, 1.82) is 0 Å². The summed E-state index contributed by atoms with van der Waals surface area (Å²) in [6, 6.07) is 13.8. The highest BCUT2D eigenvalue weighted by atomic mass is 127. The van der Waals surface area contributed by atoms with Gasteiger partial charge < -0.3 is 25.5 Å². The number of nitrogens with zero attached hydrogens (tertiary/aromatic N) is 1. The molecule has 0 amide bonds. The molecule has 4 N–H and O–H groups in total. The molecular formula is C22H29IN4O2. The smallest absolute Gasteiger partial charge is 0.191 e. The minimum absolute atomic E-state index is 0. The topological polar surface area (TPSA) is 81.7 Å². The number of hydrogen-bond donors (Lipinski definition) is 4. The lowest BCUT2D eigenvalue weighted by Crippen LogP contribution is -2.38. The summed E-state index contributed by atoms with van der Waals surface area (Å²) >= 11 is 0. The van der Waals surface area contributed by atoms with Gasteiger partial charge in [-0.15, -0.1) is 24.0 Å². The molecule has 0 saturated carbocycles. The van der Waals surface area contributed by atoms with Gasteiger partial charge in [0.1, 0.15) is 0 Å². The van der Waals surface area contributed by atoms with E-state index in [2.05, 4.69) is 45.0 Å². The molecule has 0 bridgehead atoms. The van der Waals surface area contributed by atoms with Crippen molar-refractivity contribution in [3.8, 4) is 11.5 Å². The van der Waals surface area contributed by atoms with Gasteiger partial charge >= 0.3 is 0 Å². The average Bonchev–Trinajstić information content (AvgIpc) is 3.12. The summed E-state index contributed by atoms with van der Waals surface area (Å²) in [5, 5.41) is 18.1. The number of H-pyrrole nitrogens is 1. The summed E-state index contributed by atoms with van der Waals surface area (Å²) in [5.74, 6) is 1.47. The number of phenolic OH excluding ortho intramolecular Hbond substituents is 1. The lowest BCUT2D eigenvalue weighted by molar-refractivity contribution is 0.370. The summed E-state index contributed by atoms with van der Waals surface area (Å²) in [4.78, 5) is 7.93. The van der Waals surface area contributed by atoms with Crippen molar-refractivity contribution >= 4 is 40.8 Å². The summed E-state index contributed by atoms with van der Waals surface area (Å²) in [7, 11) is 1.55. The largest absolute Gasteiger partial charge is 0.504 e. The van der Waals surface area contributed by atoms with Gasteiger partial charge in [-0.05, 0) is 43.0 Å². The zero-order valence-electron chi connectivity index (χ0n) is 16.9. The fourth-order valence-electron chi connectivity index (χ4n) is 3.22. The summed E-state index contributed by atoms with van der Waals surface area (Å²) in [6.45, 7) is 4.20. The first-order chi connectivity index (χ1) is 13.7. The predicted octanol–water partition coefficient (Wildman–Crippen LogP) is 3.84. The predicted molar refractivity (Wildman–Crippen MR) is 130 cm³/mol. The van der Waals surface area contributed by atoms with E-state index in [0.717, 1.165) is 36.6 Å². The SMILES string of the molecule is CCNC(=NCCc1cccc(OC)c1O)NCCc1c[nH]c2ccccc12.I. The van der Waals surface area contributed by atoms with Gasteiger partial charge in [-0.2, -0.15) is 0 Å². The molecule has 0 aliphatic carbocycles. The molecule has 0 spiro atoms. The fourth-order valence-corrected chi connectivity index (χ4v) is 3.22. The van der Waals surface area contributed by atoms with Crippen molar-refractivity contribution in [3.05, 3.63) is 59.8 Å². The van der Waals surface area contributed by atoms with E-state index < -0.39 is 0 Å². The number of benzene rings is 2. The monoisotopic (exact) mass is 508 g/mol. The van der Waals surface area contributed by atoms with Gasteiger partial charge in [-0.3, -0.25) is 4.99 Å². The van der Waals surface area contributed by atoms with Gasteiger partial charge in [0.05, 0.1) is 7.11 Å². The Labute approximate surface area is 188 Å². The Morgan fingerprint density at radius 3 is 2.69 bits per heavy atom. The Bertz CT molecular complexity index is 939. The number of aromatic amines is 1. The molecule has 1 aromatic heterocycles. The van der Waals surface area contributed by atoms with Crippen LogP contribution in [0.1, 0.15) is 18.1 Å². The molecule has 0 unspecified atom stereocenters. The molecule has 0 radical (unpaired) electrons. The number of guanidine groups is 1. The Kier molecular flexibility index (Phi) is 9.11. The Balaban J connectivity index is 0.00000300. The Morgan fingerprint density at radius 1 is 1.07 bits per heavy atom. The number of aliphatic imine (C=N–C) groups is 1. The van der Waals surface area contributed by atoms with Crippen LogP contribution in [0.15, 0.2) is 53.7 Å². The van der Waals surface area contributed by atoms with Crippen LogP contribution >= 0.6 is 24.0 Å². The summed E-state index contributed by atoms with van der Waals surface area (Å²) in [6.07, 6.45) is 3.62. The van der Waals surface area contributed by atoms with Gasteiger partial charge in [-0.25, -0.2) is 0 Å². The van der Waals surface area contributed by atoms with Crippen LogP contribution in [0.2, 0.25) is 0 Å². The van der Waals surface area contributed by atoms with Crippen LogP contribution in [0.3, 0.4) is 0 Å². The van der Waals surface area contributed by atoms with Crippen LogP contribution in [-0.2, 0) is 12.8 Å². The van der Waals surface area contributed by atoms with Gasteiger partial charge in [0, 0.05) is 36.7 Å². The van der Waals surface area contributed by atoms with E-state index in [1.54, 1.807) is 13.2 Å². The zero-order chi connectivity index (χ0) is 19.8. The van der Waals surface area contributed by atoms with Crippen LogP contribution in [-0.4, -0.2) is 42.8 Å². The van der Waals surface area contributed by atoms with E-state index in [1.165, 1.54) is 10.9 Å². The second-order valence-corrected chi connectivity index (χ2v) is 6.51. The van der Waals surface area contributed by atoms with Crippen molar-refractivity contribution < 1.29 is 9.84 Å². The normalized spacial score (nSPS) is 11.2. The highest BCUT2D eigenvalue weighted by Gasteiger charge is 2.07. The van der Waals surface area contributed by atoms with E-state index in [1.807, 2.05) is 25.1 Å². The van der Waals surface area contributed by atoms with Crippen LogP contribution < -0.4 is 15.4 Å². The van der Waals surface area contributed by atoms with Crippen molar-refractivity contribution in [3.63, 3.8) is 0 Å². The van der Waals surface area contributed by atoms with Crippen molar-refractivity contribution in [2.75, 3.05) is 26.7 Å². The van der Waals surface area contributed by atoms with Gasteiger partial charge in [-0.1, -0.05) is 30.3 Å². The first kappa shape index (κ1) is 22.9. The average molecular weight is 508 g/mol. The van der Waals surface area contributed by atoms with Crippen molar-refractivity contribution in [2.45, 2.75) is 19.8 Å². The lowest BCUT2D eigenvalue weighted by Gasteiger charge is -2.12. The standard InChI is InChI=1S/C22H28N4O2.HI/c1-3-23-22(24-13-11-16-7-6-10-20(28-2)21(16)27)25-14-12-17-15-26-19-9-5-4-8-18(17)19;/h4-10,15,26-27H,3,11-14H2,1-2H3,(H2,23,24,25);1H.